The maximum absolute atomic E-state index is 11.5. The molecule has 0 N–H and O–H groups in total. The van der Waals surface area contributed by atoms with E-state index in [0.29, 0.717) is 13.0 Å². The van der Waals surface area contributed by atoms with Crippen molar-refractivity contribution in [3.8, 4) is 0 Å². The van der Waals surface area contributed by atoms with Crippen LogP contribution in [0.1, 0.15) is 25.0 Å². The van der Waals surface area contributed by atoms with E-state index in [1.54, 1.807) is 6.20 Å². The summed E-state index contributed by atoms with van der Waals surface area (Å²) in [6.07, 6.45) is 6.80. The average molecular weight is 232 g/mol. The second kappa shape index (κ2) is 4.99. The highest BCUT2D eigenvalue weighted by Gasteiger charge is 2.09. The van der Waals surface area contributed by atoms with Crippen molar-refractivity contribution in [2.75, 3.05) is 6.61 Å². The monoisotopic (exact) mass is 232 g/mol. The minimum absolute atomic E-state index is 0.179. The molecule has 90 valence electrons. The number of carbonyl (C=O) groups excluding carboxylic acids is 1. The van der Waals surface area contributed by atoms with Gasteiger partial charge in [0.05, 0.1) is 13.0 Å². The molecule has 0 amide bonds. The summed E-state index contributed by atoms with van der Waals surface area (Å²) in [5, 5.41) is 0. The lowest BCUT2D eigenvalue weighted by Gasteiger charge is -2.08. The van der Waals surface area contributed by atoms with Crippen molar-refractivity contribution in [1.29, 1.82) is 0 Å². The molecule has 0 aromatic carbocycles. The van der Waals surface area contributed by atoms with E-state index >= 15 is 0 Å². The Morgan fingerprint density at radius 1 is 1.41 bits per heavy atom. The highest BCUT2D eigenvalue weighted by atomic mass is 16.5. The van der Waals surface area contributed by atoms with Crippen LogP contribution in [0.15, 0.2) is 24.7 Å². The number of rotatable bonds is 4. The third-order valence-electron chi connectivity index (χ3n) is 2.73. The number of pyridine rings is 1. The van der Waals surface area contributed by atoms with E-state index in [1.807, 2.05) is 29.8 Å². The molecule has 0 bridgehead atoms. The summed E-state index contributed by atoms with van der Waals surface area (Å²) in [6, 6.07) is 2.02. The van der Waals surface area contributed by atoms with Gasteiger partial charge in [0.15, 0.2) is 0 Å². The molecule has 0 fully saturated rings. The van der Waals surface area contributed by atoms with Gasteiger partial charge in [0.1, 0.15) is 5.65 Å². The summed E-state index contributed by atoms with van der Waals surface area (Å²) >= 11 is 0. The Balaban J connectivity index is 2.33. The minimum Gasteiger partial charge on any atom is -0.466 e. The number of aryl methyl sites for hydroxylation is 1. The van der Waals surface area contributed by atoms with Gasteiger partial charge >= 0.3 is 5.97 Å². The predicted octanol–water partition coefficient (Wildman–Crippen LogP) is 2.00. The Hall–Kier alpha value is -1.84. The zero-order valence-electron chi connectivity index (χ0n) is 10.1. The van der Waals surface area contributed by atoms with E-state index in [0.717, 1.165) is 23.2 Å². The molecule has 2 heterocycles. The Morgan fingerprint density at radius 3 is 2.94 bits per heavy atom. The van der Waals surface area contributed by atoms with Crippen LogP contribution < -0.4 is 0 Å². The van der Waals surface area contributed by atoms with E-state index in [2.05, 4.69) is 11.9 Å². The van der Waals surface area contributed by atoms with Crippen LogP contribution >= 0.6 is 0 Å². The standard InChI is InChI=1S/C13H16N2O2/c1-3-10-7-12-14-5-6-15(12)9-11(10)8-13(16)17-4-2/h5-7,9H,3-4,8H2,1-2H3. The molecule has 2 rings (SSSR count). The van der Waals surface area contributed by atoms with Gasteiger partial charge in [-0.25, -0.2) is 4.98 Å². The minimum atomic E-state index is -0.179. The predicted molar refractivity (Wildman–Crippen MR) is 64.9 cm³/mol. The first kappa shape index (κ1) is 11.6. The maximum atomic E-state index is 11.5. The van der Waals surface area contributed by atoms with E-state index in [1.165, 1.54) is 0 Å². The van der Waals surface area contributed by atoms with E-state index < -0.39 is 0 Å². The molecule has 4 nitrogen and oxygen atoms in total. The van der Waals surface area contributed by atoms with Gasteiger partial charge in [0.2, 0.25) is 0 Å². The van der Waals surface area contributed by atoms with Gasteiger partial charge in [-0.3, -0.25) is 4.79 Å². The quantitative estimate of drug-likeness (QED) is 0.757. The van der Waals surface area contributed by atoms with Crippen LogP contribution in [0.5, 0.6) is 0 Å². The van der Waals surface area contributed by atoms with Crippen molar-refractivity contribution in [2.45, 2.75) is 26.7 Å². The summed E-state index contributed by atoms with van der Waals surface area (Å²) in [7, 11) is 0. The molecule has 0 radical (unpaired) electrons. The summed E-state index contributed by atoms with van der Waals surface area (Å²) in [5.41, 5.74) is 3.07. The number of esters is 1. The molecule has 17 heavy (non-hydrogen) atoms. The van der Waals surface area contributed by atoms with Gasteiger partial charge in [0, 0.05) is 18.6 Å². The Morgan fingerprint density at radius 2 is 2.24 bits per heavy atom. The second-order valence-corrected chi connectivity index (χ2v) is 3.85. The van der Waals surface area contributed by atoms with Crippen LogP contribution in [0.3, 0.4) is 0 Å². The highest BCUT2D eigenvalue weighted by molar-refractivity contribution is 5.73. The first-order valence-electron chi connectivity index (χ1n) is 5.84. The van der Waals surface area contributed by atoms with Crippen molar-refractivity contribution in [2.24, 2.45) is 0 Å². The van der Waals surface area contributed by atoms with Crippen LogP contribution in [0.2, 0.25) is 0 Å². The third-order valence-corrected chi connectivity index (χ3v) is 2.73. The van der Waals surface area contributed by atoms with Gasteiger partial charge in [0.25, 0.3) is 0 Å². The van der Waals surface area contributed by atoms with Gasteiger partial charge in [-0.15, -0.1) is 0 Å². The van der Waals surface area contributed by atoms with E-state index in [9.17, 15) is 4.79 Å². The molecule has 0 saturated heterocycles. The van der Waals surface area contributed by atoms with Crippen molar-refractivity contribution in [1.82, 2.24) is 9.38 Å². The second-order valence-electron chi connectivity index (χ2n) is 3.85. The summed E-state index contributed by atoms with van der Waals surface area (Å²) in [5.74, 6) is -0.179. The van der Waals surface area contributed by atoms with Gasteiger partial charge in [-0.2, -0.15) is 0 Å². The number of hydrogen-bond donors (Lipinski definition) is 0. The molecule has 0 aliphatic rings. The molecular weight excluding hydrogens is 216 g/mol. The number of ether oxygens (including phenoxy) is 1. The molecule has 0 saturated carbocycles. The SMILES string of the molecule is CCOC(=O)Cc1cn2ccnc2cc1CC. The Labute approximate surface area is 100 Å². The van der Waals surface area contributed by atoms with Crippen molar-refractivity contribution >= 4 is 11.6 Å². The normalized spacial score (nSPS) is 10.7. The largest absolute Gasteiger partial charge is 0.466 e. The van der Waals surface area contributed by atoms with E-state index in [-0.39, 0.29) is 5.97 Å². The smallest absolute Gasteiger partial charge is 0.310 e. The molecule has 2 aromatic rings. The number of carbonyl (C=O) groups is 1. The van der Waals surface area contributed by atoms with Crippen LogP contribution in [0.25, 0.3) is 5.65 Å². The lowest BCUT2D eigenvalue weighted by Crippen LogP contribution is -2.10. The summed E-state index contributed by atoms with van der Waals surface area (Å²) < 4.78 is 6.90. The average Bonchev–Trinajstić information content (AvgIpc) is 2.75. The number of aromatic nitrogens is 2. The maximum Gasteiger partial charge on any atom is 0.310 e. The molecule has 0 aliphatic heterocycles. The first-order chi connectivity index (χ1) is 8.24. The fourth-order valence-corrected chi connectivity index (χ4v) is 1.90. The lowest BCUT2D eigenvalue weighted by atomic mass is 10.1. The molecule has 2 aromatic heterocycles. The van der Waals surface area contributed by atoms with Gasteiger partial charge in [-0.05, 0) is 30.5 Å². The number of imidazole rings is 1. The summed E-state index contributed by atoms with van der Waals surface area (Å²) in [6.45, 7) is 4.31. The van der Waals surface area contributed by atoms with Crippen molar-refractivity contribution in [3.63, 3.8) is 0 Å². The van der Waals surface area contributed by atoms with Crippen LogP contribution in [-0.2, 0) is 22.4 Å². The molecule has 0 unspecified atom stereocenters. The Bertz CT molecular complexity index is 531. The number of nitrogens with zero attached hydrogens (tertiary/aromatic N) is 2. The van der Waals surface area contributed by atoms with E-state index in [4.69, 9.17) is 4.74 Å². The Kier molecular flexibility index (Phi) is 3.42. The van der Waals surface area contributed by atoms with Crippen molar-refractivity contribution in [3.05, 3.63) is 35.8 Å². The lowest BCUT2D eigenvalue weighted by molar-refractivity contribution is -0.142. The third kappa shape index (κ3) is 2.46. The molecule has 0 spiro atoms. The molecule has 0 aliphatic carbocycles. The number of hydrogen-bond acceptors (Lipinski definition) is 3. The van der Waals surface area contributed by atoms with Gasteiger partial charge < -0.3 is 9.14 Å². The number of fused-ring (bicyclic) bond motifs is 1. The first-order valence-corrected chi connectivity index (χ1v) is 5.84. The fraction of sp³-hybridized carbons (Fsp3) is 0.385. The van der Waals surface area contributed by atoms with Crippen LogP contribution in [-0.4, -0.2) is 22.0 Å². The van der Waals surface area contributed by atoms with Gasteiger partial charge in [-0.1, -0.05) is 6.92 Å². The van der Waals surface area contributed by atoms with Crippen LogP contribution in [0, 0.1) is 0 Å². The molecular formula is C13H16N2O2. The topological polar surface area (TPSA) is 43.6 Å². The molecule has 0 atom stereocenters. The summed E-state index contributed by atoms with van der Waals surface area (Å²) in [4.78, 5) is 15.7. The fourth-order valence-electron chi connectivity index (χ4n) is 1.90. The zero-order valence-corrected chi connectivity index (χ0v) is 10.1. The zero-order chi connectivity index (χ0) is 12.3. The molecule has 4 heteroatoms. The highest BCUT2D eigenvalue weighted by Crippen LogP contribution is 2.14. The van der Waals surface area contributed by atoms with Crippen LogP contribution in [0.4, 0.5) is 0 Å². The van der Waals surface area contributed by atoms with Crippen molar-refractivity contribution < 1.29 is 9.53 Å².